The topological polar surface area (TPSA) is 36.7 Å². The number of nitrogens with zero attached hydrogens (tertiary/aromatic N) is 2. The van der Waals surface area contributed by atoms with Gasteiger partial charge in [0.05, 0.1) is 5.56 Å². The van der Waals surface area contributed by atoms with Crippen LogP contribution in [0.25, 0.3) is 0 Å². The summed E-state index contributed by atoms with van der Waals surface area (Å²) in [5, 5.41) is 9.55. The number of thioether (sulfide) groups is 1. The fraction of sp³-hybridized carbons (Fsp3) is 0.538. The average molecular weight is 268 g/mol. The van der Waals surface area contributed by atoms with Crippen molar-refractivity contribution in [2.24, 2.45) is 0 Å². The number of aryl methyl sites for hydroxylation is 1. The van der Waals surface area contributed by atoms with Crippen molar-refractivity contribution in [1.82, 2.24) is 4.98 Å². The van der Waals surface area contributed by atoms with E-state index in [0.717, 1.165) is 31.4 Å². The third-order valence-corrected chi connectivity index (χ3v) is 3.94. The molecule has 96 valence electrons. The molecule has 0 spiro atoms. The van der Waals surface area contributed by atoms with E-state index < -0.39 is 6.43 Å². The van der Waals surface area contributed by atoms with Gasteiger partial charge in [-0.2, -0.15) is 5.26 Å². The Morgan fingerprint density at radius 1 is 1.28 bits per heavy atom. The molecular weight excluding hydrogens is 254 g/mol. The van der Waals surface area contributed by atoms with E-state index in [1.54, 1.807) is 6.26 Å². The number of nitriles is 1. The summed E-state index contributed by atoms with van der Waals surface area (Å²) in [5.74, 6) is 0. The molecule has 0 saturated carbocycles. The van der Waals surface area contributed by atoms with Gasteiger partial charge >= 0.3 is 0 Å². The first-order chi connectivity index (χ1) is 8.69. The van der Waals surface area contributed by atoms with E-state index in [0.29, 0.717) is 17.0 Å². The molecule has 1 heterocycles. The molecule has 1 aromatic heterocycles. The van der Waals surface area contributed by atoms with Crippen LogP contribution in [-0.2, 0) is 12.8 Å². The second-order valence-corrected chi connectivity index (χ2v) is 5.10. The molecule has 5 heteroatoms. The minimum Gasteiger partial charge on any atom is -0.245 e. The van der Waals surface area contributed by atoms with E-state index in [4.69, 9.17) is 5.26 Å². The first kappa shape index (κ1) is 13.3. The average Bonchev–Trinajstić information content (AvgIpc) is 2.60. The van der Waals surface area contributed by atoms with Crippen molar-refractivity contribution < 1.29 is 8.78 Å². The smallest absolute Gasteiger partial charge is 0.245 e. The summed E-state index contributed by atoms with van der Waals surface area (Å²) in [7, 11) is 0. The molecule has 18 heavy (non-hydrogen) atoms. The lowest BCUT2D eigenvalue weighted by atomic mass is 9.98. The zero-order valence-corrected chi connectivity index (χ0v) is 11.0. The molecule has 0 unspecified atom stereocenters. The molecule has 0 radical (unpaired) electrons. The molecule has 0 atom stereocenters. The zero-order valence-electron chi connectivity index (χ0n) is 10.2. The Hall–Kier alpha value is -1.15. The van der Waals surface area contributed by atoms with Crippen molar-refractivity contribution in [3.05, 3.63) is 22.4 Å². The maximum absolute atomic E-state index is 13.3. The number of fused-ring (bicyclic) bond motifs is 1. The lowest BCUT2D eigenvalue weighted by molar-refractivity contribution is 0.149. The monoisotopic (exact) mass is 268 g/mol. The van der Waals surface area contributed by atoms with Gasteiger partial charge in [0.2, 0.25) is 0 Å². The summed E-state index contributed by atoms with van der Waals surface area (Å²) in [6.07, 6.45) is 3.46. The van der Waals surface area contributed by atoms with Crippen LogP contribution in [0.1, 0.15) is 48.1 Å². The van der Waals surface area contributed by atoms with Crippen molar-refractivity contribution in [1.29, 1.82) is 5.26 Å². The van der Waals surface area contributed by atoms with Crippen molar-refractivity contribution >= 4 is 11.8 Å². The first-order valence-electron chi connectivity index (χ1n) is 5.97. The fourth-order valence-corrected chi connectivity index (χ4v) is 2.98. The van der Waals surface area contributed by atoms with Crippen LogP contribution in [0.4, 0.5) is 8.78 Å². The van der Waals surface area contributed by atoms with E-state index in [1.807, 2.05) is 6.07 Å². The Bertz CT molecular complexity index is 495. The van der Waals surface area contributed by atoms with Gasteiger partial charge in [-0.3, -0.25) is 0 Å². The molecule has 0 aliphatic heterocycles. The Labute approximate surface area is 109 Å². The van der Waals surface area contributed by atoms with Gasteiger partial charge in [-0.25, -0.2) is 13.8 Å². The van der Waals surface area contributed by atoms with Gasteiger partial charge in [0.15, 0.2) is 0 Å². The van der Waals surface area contributed by atoms with Crippen LogP contribution in [0.2, 0.25) is 0 Å². The van der Waals surface area contributed by atoms with Crippen LogP contribution in [0, 0.1) is 11.3 Å². The van der Waals surface area contributed by atoms with E-state index in [2.05, 4.69) is 4.98 Å². The summed E-state index contributed by atoms with van der Waals surface area (Å²) in [4.78, 5) is 4.41. The molecule has 1 aromatic rings. The number of aromatic nitrogens is 1. The maximum atomic E-state index is 13.3. The van der Waals surface area contributed by atoms with Crippen LogP contribution in [-0.4, -0.2) is 11.2 Å². The molecular formula is C13H14F2N2S. The predicted molar refractivity (Wildman–Crippen MR) is 66.9 cm³/mol. The summed E-state index contributed by atoms with van der Waals surface area (Å²) >= 11 is 1.26. The summed E-state index contributed by atoms with van der Waals surface area (Å²) < 4.78 is 26.5. The Kier molecular flexibility index (Phi) is 4.18. The highest BCUT2D eigenvalue weighted by Gasteiger charge is 2.25. The molecule has 1 aliphatic carbocycles. The van der Waals surface area contributed by atoms with Crippen LogP contribution in [0.15, 0.2) is 5.03 Å². The molecule has 0 fully saturated rings. The quantitative estimate of drug-likeness (QED) is 0.603. The summed E-state index contributed by atoms with van der Waals surface area (Å²) in [6.45, 7) is 0. The highest BCUT2D eigenvalue weighted by molar-refractivity contribution is 7.98. The second-order valence-electron chi connectivity index (χ2n) is 4.31. The van der Waals surface area contributed by atoms with Gasteiger partial charge < -0.3 is 0 Å². The van der Waals surface area contributed by atoms with Crippen molar-refractivity contribution in [2.75, 3.05) is 6.26 Å². The zero-order chi connectivity index (χ0) is 13.1. The molecule has 2 nitrogen and oxygen atoms in total. The van der Waals surface area contributed by atoms with Gasteiger partial charge in [-0.05, 0) is 37.5 Å². The SMILES string of the molecule is CSc1nc2c(c(C(F)F)c1C#N)CCCCC2. The molecule has 0 bridgehead atoms. The van der Waals surface area contributed by atoms with Gasteiger partial charge in [0.1, 0.15) is 11.1 Å². The summed E-state index contributed by atoms with van der Waals surface area (Å²) in [5.41, 5.74) is 1.38. The van der Waals surface area contributed by atoms with Gasteiger partial charge in [-0.1, -0.05) is 6.42 Å². The van der Waals surface area contributed by atoms with Gasteiger partial charge in [0.25, 0.3) is 6.43 Å². The van der Waals surface area contributed by atoms with Crippen LogP contribution in [0.5, 0.6) is 0 Å². The lowest BCUT2D eigenvalue weighted by Crippen LogP contribution is -2.07. The minimum atomic E-state index is -2.60. The van der Waals surface area contributed by atoms with Crippen molar-refractivity contribution in [3.63, 3.8) is 0 Å². The van der Waals surface area contributed by atoms with Gasteiger partial charge in [0, 0.05) is 11.3 Å². The summed E-state index contributed by atoms with van der Waals surface area (Å²) in [6, 6.07) is 1.90. The maximum Gasteiger partial charge on any atom is 0.265 e. The van der Waals surface area contributed by atoms with Crippen LogP contribution >= 0.6 is 11.8 Å². The number of rotatable bonds is 2. The number of halogens is 2. The standard InChI is InChI=1S/C13H14F2N2S/c1-18-13-9(7-16)11(12(14)15)8-5-3-2-4-6-10(8)17-13/h12H,2-6H2,1H3. The minimum absolute atomic E-state index is 0.0677. The van der Waals surface area contributed by atoms with Crippen LogP contribution in [0.3, 0.4) is 0 Å². The Morgan fingerprint density at radius 2 is 2.00 bits per heavy atom. The molecule has 1 aliphatic rings. The number of hydrogen-bond acceptors (Lipinski definition) is 3. The molecule has 0 N–H and O–H groups in total. The van der Waals surface area contributed by atoms with Crippen LogP contribution < -0.4 is 0 Å². The van der Waals surface area contributed by atoms with Crippen molar-refractivity contribution in [3.8, 4) is 6.07 Å². The number of hydrogen-bond donors (Lipinski definition) is 0. The normalized spacial score (nSPS) is 15.1. The third kappa shape index (κ3) is 2.35. The van der Waals surface area contributed by atoms with E-state index >= 15 is 0 Å². The lowest BCUT2D eigenvalue weighted by Gasteiger charge is -2.15. The van der Waals surface area contributed by atoms with E-state index in [9.17, 15) is 8.78 Å². The molecule has 0 amide bonds. The predicted octanol–water partition coefficient (Wildman–Crippen LogP) is 3.88. The first-order valence-corrected chi connectivity index (χ1v) is 7.19. The third-order valence-electron chi connectivity index (χ3n) is 3.26. The van der Waals surface area contributed by atoms with Gasteiger partial charge in [-0.15, -0.1) is 11.8 Å². The molecule has 0 saturated heterocycles. The van der Waals surface area contributed by atoms with E-state index in [-0.39, 0.29) is 11.1 Å². The second kappa shape index (κ2) is 5.66. The number of alkyl halides is 2. The molecule has 2 rings (SSSR count). The molecule has 0 aromatic carbocycles. The largest absolute Gasteiger partial charge is 0.265 e. The number of pyridine rings is 1. The highest BCUT2D eigenvalue weighted by atomic mass is 32.2. The Morgan fingerprint density at radius 3 is 2.61 bits per heavy atom. The highest BCUT2D eigenvalue weighted by Crippen LogP contribution is 2.35. The van der Waals surface area contributed by atoms with E-state index in [1.165, 1.54) is 11.8 Å². The fourth-order valence-electron chi connectivity index (χ4n) is 2.42. The van der Waals surface area contributed by atoms with Crippen molar-refractivity contribution in [2.45, 2.75) is 43.6 Å². The Balaban J connectivity index is 2.68.